The van der Waals surface area contributed by atoms with Crippen LogP contribution < -0.4 is 10.1 Å². The maximum absolute atomic E-state index is 14.1. The summed E-state index contributed by atoms with van der Waals surface area (Å²) in [5.41, 5.74) is 2.93. The van der Waals surface area contributed by atoms with Gasteiger partial charge in [-0.1, -0.05) is 24.3 Å². The molecule has 0 saturated carbocycles. The Bertz CT molecular complexity index is 915. The zero-order chi connectivity index (χ0) is 17.9. The molecule has 1 aliphatic rings. The molecular formula is C21H22FN3O. The molecule has 1 aliphatic heterocycles. The van der Waals surface area contributed by atoms with E-state index in [0.717, 1.165) is 47.4 Å². The van der Waals surface area contributed by atoms with Gasteiger partial charge >= 0.3 is 0 Å². The molecule has 1 atom stereocenters. The van der Waals surface area contributed by atoms with Crippen LogP contribution in [0.25, 0.3) is 10.9 Å². The van der Waals surface area contributed by atoms with E-state index < -0.39 is 0 Å². The number of methoxy groups -OCH3 is 1. The van der Waals surface area contributed by atoms with Crippen LogP contribution in [0.1, 0.15) is 17.2 Å². The number of fused-ring (bicyclic) bond motifs is 1. The molecule has 1 fully saturated rings. The van der Waals surface area contributed by atoms with E-state index in [1.165, 1.54) is 0 Å². The van der Waals surface area contributed by atoms with Crippen molar-refractivity contribution in [3.05, 3.63) is 71.7 Å². The van der Waals surface area contributed by atoms with Crippen LogP contribution in [0, 0.1) is 5.82 Å². The summed E-state index contributed by atoms with van der Waals surface area (Å²) >= 11 is 0. The molecule has 3 aromatic rings. The van der Waals surface area contributed by atoms with Crippen molar-refractivity contribution >= 4 is 10.9 Å². The third-order valence-electron chi connectivity index (χ3n) is 4.97. The smallest absolute Gasteiger partial charge is 0.124 e. The van der Waals surface area contributed by atoms with Crippen molar-refractivity contribution in [1.29, 1.82) is 0 Å². The monoisotopic (exact) mass is 351 g/mol. The third-order valence-corrected chi connectivity index (χ3v) is 4.97. The average Bonchev–Trinajstić information content (AvgIpc) is 2.68. The van der Waals surface area contributed by atoms with Crippen molar-refractivity contribution < 1.29 is 9.13 Å². The van der Waals surface area contributed by atoms with Crippen LogP contribution in [0.2, 0.25) is 0 Å². The van der Waals surface area contributed by atoms with Crippen LogP contribution in [-0.4, -0.2) is 36.6 Å². The Balaban J connectivity index is 1.70. The SMILES string of the molecule is COc1ccccc1C1CNCCN1Cc1cc(F)cc2cccnc12. The van der Waals surface area contributed by atoms with Crippen molar-refractivity contribution in [2.75, 3.05) is 26.7 Å². The quantitative estimate of drug-likeness (QED) is 0.780. The predicted molar refractivity (Wildman–Crippen MR) is 101 cm³/mol. The first-order valence-electron chi connectivity index (χ1n) is 8.87. The number of ether oxygens (including phenoxy) is 1. The van der Waals surface area contributed by atoms with E-state index in [9.17, 15) is 4.39 Å². The van der Waals surface area contributed by atoms with E-state index in [-0.39, 0.29) is 11.9 Å². The number of rotatable bonds is 4. The van der Waals surface area contributed by atoms with E-state index in [1.54, 1.807) is 25.4 Å². The van der Waals surface area contributed by atoms with Gasteiger partial charge in [-0.05, 0) is 29.8 Å². The van der Waals surface area contributed by atoms with Gasteiger partial charge in [0.25, 0.3) is 0 Å². The maximum Gasteiger partial charge on any atom is 0.124 e. The molecule has 0 bridgehead atoms. The first kappa shape index (κ1) is 16.9. The molecule has 2 heterocycles. The molecule has 134 valence electrons. The van der Waals surface area contributed by atoms with Gasteiger partial charge < -0.3 is 10.1 Å². The van der Waals surface area contributed by atoms with Crippen LogP contribution in [0.3, 0.4) is 0 Å². The number of pyridine rings is 1. The van der Waals surface area contributed by atoms with E-state index in [1.807, 2.05) is 30.3 Å². The number of hydrogen-bond acceptors (Lipinski definition) is 4. The Morgan fingerprint density at radius 3 is 3.00 bits per heavy atom. The summed E-state index contributed by atoms with van der Waals surface area (Å²) in [6.45, 7) is 3.27. The minimum absolute atomic E-state index is 0.168. The molecule has 0 aliphatic carbocycles. The zero-order valence-electron chi connectivity index (χ0n) is 14.8. The molecule has 0 amide bonds. The second-order valence-electron chi connectivity index (χ2n) is 6.57. The third kappa shape index (κ3) is 3.28. The fourth-order valence-corrected chi connectivity index (χ4v) is 3.75. The van der Waals surface area contributed by atoms with Crippen molar-refractivity contribution in [2.24, 2.45) is 0 Å². The highest BCUT2D eigenvalue weighted by atomic mass is 19.1. The van der Waals surface area contributed by atoms with E-state index >= 15 is 0 Å². The molecule has 26 heavy (non-hydrogen) atoms. The standard InChI is InChI=1S/C21H22FN3O/c1-26-20-7-3-2-6-18(20)19-13-23-9-10-25(19)14-16-12-17(22)11-15-5-4-8-24-21(15)16/h2-8,11-12,19,23H,9-10,13-14H2,1H3. The van der Waals surface area contributed by atoms with Gasteiger partial charge in [-0.25, -0.2) is 4.39 Å². The second kappa shape index (κ2) is 7.40. The molecule has 4 rings (SSSR count). The normalized spacial score (nSPS) is 18.2. The molecule has 5 heteroatoms. The van der Waals surface area contributed by atoms with Gasteiger partial charge in [0.05, 0.1) is 18.7 Å². The van der Waals surface area contributed by atoms with Crippen LogP contribution in [0.5, 0.6) is 5.75 Å². The number of halogens is 1. The number of hydrogen-bond donors (Lipinski definition) is 1. The highest BCUT2D eigenvalue weighted by Gasteiger charge is 2.26. The Morgan fingerprint density at radius 2 is 2.12 bits per heavy atom. The topological polar surface area (TPSA) is 37.4 Å². The van der Waals surface area contributed by atoms with Gasteiger partial charge in [-0.2, -0.15) is 0 Å². The summed E-state index contributed by atoms with van der Waals surface area (Å²) in [6.07, 6.45) is 1.76. The number of benzene rings is 2. The van der Waals surface area contributed by atoms with E-state index in [2.05, 4.69) is 21.3 Å². The van der Waals surface area contributed by atoms with Gasteiger partial charge in [0.1, 0.15) is 11.6 Å². The average molecular weight is 351 g/mol. The summed E-state index contributed by atoms with van der Waals surface area (Å²) in [6, 6.07) is 15.2. The highest BCUT2D eigenvalue weighted by Crippen LogP contribution is 2.32. The summed E-state index contributed by atoms with van der Waals surface area (Å²) < 4.78 is 19.7. The lowest BCUT2D eigenvalue weighted by Gasteiger charge is -2.37. The van der Waals surface area contributed by atoms with Crippen molar-refractivity contribution in [2.45, 2.75) is 12.6 Å². The molecular weight excluding hydrogens is 329 g/mol. The Morgan fingerprint density at radius 1 is 1.23 bits per heavy atom. The highest BCUT2D eigenvalue weighted by molar-refractivity contribution is 5.81. The van der Waals surface area contributed by atoms with Gasteiger partial charge in [-0.15, -0.1) is 0 Å². The number of aromatic nitrogens is 1. The summed E-state index contributed by atoms with van der Waals surface area (Å²) in [5, 5.41) is 4.30. The largest absolute Gasteiger partial charge is 0.496 e. The molecule has 1 saturated heterocycles. The second-order valence-corrected chi connectivity index (χ2v) is 6.57. The van der Waals surface area contributed by atoms with Crippen molar-refractivity contribution in [3.63, 3.8) is 0 Å². The fraction of sp³-hybridized carbons (Fsp3) is 0.286. The molecule has 1 N–H and O–H groups in total. The minimum atomic E-state index is -0.218. The maximum atomic E-state index is 14.1. The minimum Gasteiger partial charge on any atom is -0.496 e. The lowest BCUT2D eigenvalue weighted by atomic mass is 10.0. The summed E-state index contributed by atoms with van der Waals surface area (Å²) in [7, 11) is 1.70. The van der Waals surface area contributed by atoms with Crippen molar-refractivity contribution in [3.8, 4) is 5.75 Å². The molecule has 1 aromatic heterocycles. The van der Waals surface area contributed by atoms with Crippen LogP contribution in [0.15, 0.2) is 54.7 Å². The van der Waals surface area contributed by atoms with Crippen LogP contribution >= 0.6 is 0 Å². The number of piperazine rings is 1. The van der Waals surface area contributed by atoms with E-state index in [4.69, 9.17) is 4.74 Å². The van der Waals surface area contributed by atoms with Crippen LogP contribution in [0.4, 0.5) is 4.39 Å². The predicted octanol–water partition coefficient (Wildman–Crippen LogP) is 3.53. The Hall–Kier alpha value is -2.50. The van der Waals surface area contributed by atoms with Gasteiger partial charge in [0.15, 0.2) is 0 Å². The Labute approximate surface area is 152 Å². The van der Waals surface area contributed by atoms with Gasteiger partial charge in [0, 0.05) is 43.3 Å². The summed E-state index contributed by atoms with van der Waals surface area (Å²) in [4.78, 5) is 6.86. The van der Waals surface area contributed by atoms with Gasteiger partial charge in [-0.3, -0.25) is 9.88 Å². The molecule has 4 nitrogen and oxygen atoms in total. The van der Waals surface area contributed by atoms with Crippen molar-refractivity contribution in [1.82, 2.24) is 15.2 Å². The molecule has 0 spiro atoms. The first-order valence-corrected chi connectivity index (χ1v) is 8.87. The molecule has 1 unspecified atom stereocenters. The molecule has 0 radical (unpaired) electrons. The molecule has 2 aromatic carbocycles. The summed E-state index contributed by atoms with van der Waals surface area (Å²) in [5.74, 6) is 0.665. The lowest BCUT2D eigenvalue weighted by Crippen LogP contribution is -2.45. The van der Waals surface area contributed by atoms with Crippen LogP contribution in [-0.2, 0) is 6.54 Å². The number of para-hydroxylation sites is 1. The lowest BCUT2D eigenvalue weighted by molar-refractivity contribution is 0.151. The van der Waals surface area contributed by atoms with Gasteiger partial charge in [0.2, 0.25) is 0 Å². The van der Waals surface area contributed by atoms with E-state index in [0.29, 0.717) is 6.54 Å². The number of nitrogens with one attached hydrogen (secondary N) is 1. The fourth-order valence-electron chi connectivity index (χ4n) is 3.75. The Kier molecular flexibility index (Phi) is 4.82. The first-order chi connectivity index (χ1) is 12.8. The zero-order valence-corrected chi connectivity index (χ0v) is 14.8. The number of nitrogens with zero attached hydrogens (tertiary/aromatic N) is 2.